The number of nitrogens with one attached hydrogen (secondary N) is 1. The summed E-state index contributed by atoms with van der Waals surface area (Å²) in [5, 5.41) is 0.751. The molecule has 3 aromatic rings. The van der Waals surface area contributed by atoms with Gasteiger partial charge in [-0.15, -0.1) is 0 Å². The predicted molar refractivity (Wildman–Crippen MR) is 69.1 cm³/mol. The highest BCUT2D eigenvalue weighted by Gasteiger charge is 2.06. The molecule has 0 aliphatic heterocycles. The minimum Gasteiger partial charge on any atom is -0.337 e. The van der Waals surface area contributed by atoms with E-state index in [-0.39, 0.29) is 0 Å². The molecule has 2 aromatic heterocycles. The average Bonchev–Trinajstić information content (AvgIpc) is 2.76. The van der Waals surface area contributed by atoms with Crippen LogP contribution in [0.15, 0.2) is 36.7 Å². The second-order valence-corrected chi connectivity index (χ2v) is 4.35. The second-order valence-electron chi connectivity index (χ2n) is 3.94. The molecule has 4 heteroatoms. The summed E-state index contributed by atoms with van der Waals surface area (Å²) < 4.78 is 0. The molecule has 2 heterocycles. The molecule has 0 saturated heterocycles. The molecule has 0 amide bonds. The highest BCUT2D eigenvalue weighted by molar-refractivity contribution is 6.31. The molecule has 17 heavy (non-hydrogen) atoms. The van der Waals surface area contributed by atoms with Crippen molar-refractivity contribution < 1.29 is 0 Å². The molecule has 0 fully saturated rings. The highest BCUT2D eigenvalue weighted by Crippen LogP contribution is 2.24. The van der Waals surface area contributed by atoms with E-state index in [2.05, 4.69) is 15.0 Å². The first-order chi connectivity index (χ1) is 8.24. The van der Waals surface area contributed by atoms with Gasteiger partial charge in [-0.2, -0.15) is 0 Å². The maximum Gasteiger partial charge on any atom is 0.138 e. The number of hydrogen-bond acceptors (Lipinski definition) is 2. The van der Waals surface area contributed by atoms with Gasteiger partial charge < -0.3 is 4.98 Å². The van der Waals surface area contributed by atoms with Crippen molar-refractivity contribution in [1.29, 1.82) is 0 Å². The van der Waals surface area contributed by atoms with Crippen molar-refractivity contribution in [1.82, 2.24) is 15.0 Å². The zero-order valence-corrected chi connectivity index (χ0v) is 9.99. The Bertz CT molecular complexity index is 655. The van der Waals surface area contributed by atoms with Gasteiger partial charge in [0.15, 0.2) is 0 Å². The molecule has 0 aliphatic rings. The van der Waals surface area contributed by atoms with Crippen LogP contribution in [-0.4, -0.2) is 15.0 Å². The molecule has 0 aliphatic carbocycles. The standard InChI is InChI=1S/C13H10ClN3/c1-8-2-3-9(6-10(8)14)13-16-11-4-5-15-7-12(11)17-13/h2-7H,1H3,(H,16,17). The number of fused-ring (bicyclic) bond motifs is 1. The number of aromatic amines is 1. The average molecular weight is 244 g/mol. The number of aromatic nitrogens is 3. The monoisotopic (exact) mass is 243 g/mol. The minimum atomic E-state index is 0.751. The lowest BCUT2D eigenvalue weighted by Crippen LogP contribution is -1.82. The lowest BCUT2D eigenvalue weighted by molar-refractivity contribution is 1.32. The number of benzene rings is 1. The van der Waals surface area contributed by atoms with E-state index in [4.69, 9.17) is 11.6 Å². The van der Waals surface area contributed by atoms with E-state index in [1.165, 1.54) is 0 Å². The number of halogens is 1. The van der Waals surface area contributed by atoms with Gasteiger partial charge >= 0.3 is 0 Å². The van der Waals surface area contributed by atoms with Crippen molar-refractivity contribution in [3.63, 3.8) is 0 Å². The predicted octanol–water partition coefficient (Wildman–Crippen LogP) is 3.59. The van der Waals surface area contributed by atoms with Crippen molar-refractivity contribution in [2.75, 3.05) is 0 Å². The lowest BCUT2D eigenvalue weighted by Gasteiger charge is -2.00. The minimum absolute atomic E-state index is 0.751. The van der Waals surface area contributed by atoms with Crippen molar-refractivity contribution >= 4 is 22.6 Å². The Morgan fingerprint density at radius 3 is 2.88 bits per heavy atom. The molecule has 0 spiro atoms. The van der Waals surface area contributed by atoms with Gasteiger partial charge in [0.1, 0.15) is 5.82 Å². The number of imidazole rings is 1. The highest BCUT2D eigenvalue weighted by atomic mass is 35.5. The molecular formula is C13H10ClN3. The third-order valence-electron chi connectivity index (χ3n) is 2.73. The van der Waals surface area contributed by atoms with Crippen LogP contribution in [0.1, 0.15) is 5.56 Å². The summed E-state index contributed by atoms with van der Waals surface area (Å²) in [7, 11) is 0. The first-order valence-electron chi connectivity index (χ1n) is 5.30. The summed E-state index contributed by atoms with van der Waals surface area (Å²) in [6.45, 7) is 1.98. The second kappa shape index (κ2) is 3.86. The third-order valence-corrected chi connectivity index (χ3v) is 3.14. The van der Waals surface area contributed by atoms with E-state index in [1.54, 1.807) is 12.4 Å². The fraction of sp³-hybridized carbons (Fsp3) is 0.0769. The van der Waals surface area contributed by atoms with E-state index < -0.39 is 0 Å². The van der Waals surface area contributed by atoms with Crippen LogP contribution in [0.5, 0.6) is 0 Å². The van der Waals surface area contributed by atoms with Crippen LogP contribution in [0.4, 0.5) is 0 Å². The SMILES string of the molecule is Cc1ccc(-c2nc3ccncc3[nH]2)cc1Cl. The molecule has 0 atom stereocenters. The summed E-state index contributed by atoms with van der Waals surface area (Å²) in [6, 6.07) is 7.79. The van der Waals surface area contributed by atoms with Crippen molar-refractivity contribution in [3.05, 3.63) is 47.2 Å². The Balaban J connectivity index is 2.17. The number of rotatable bonds is 1. The van der Waals surface area contributed by atoms with Crippen LogP contribution in [0.3, 0.4) is 0 Å². The molecule has 1 aromatic carbocycles. The normalized spacial score (nSPS) is 10.9. The summed E-state index contributed by atoms with van der Waals surface area (Å²) in [4.78, 5) is 11.8. The van der Waals surface area contributed by atoms with Crippen LogP contribution in [0, 0.1) is 6.92 Å². The fourth-order valence-corrected chi connectivity index (χ4v) is 1.91. The Kier molecular flexibility index (Phi) is 2.34. The van der Waals surface area contributed by atoms with E-state index in [1.807, 2.05) is 31.2 Å². The van der Waals surface area contributed by atoms with Gasteiger partial charge in [0.2, 0.25) is 0 Å². The largest absolute Gasteiger partial charge is 0.337 e. The first-order valence-corrected chi connectivity index (χ1v) is 5.68. The van der Waals surface area contributed by atoms with Crippen molar-refractivity contribution in [2.45, 2.75) is 6.92 Å². The molecule has 3 rings (SSSR count). The van der Waals surface area contributed by atoms with Gasteiger partial charge in [-0.25, -0.2) is 4.98 Å². The number of aryl methyl sites for hydroxylation is 1. The molecule has 0 saturated carbocycles. The topological polar surface area (TPSA) is 41.6 Å². The molecule has 3 nitrogen and oxygen atoms in total. The zero-order valence-electron chi connectivity index (χ0n) is 9.24. The van der Waals surface area contributed by atoms with Crippen molar-refractivity contribution in [3.8, 4) is 11.4 Å². The maximum absolute atomic E-state index is 6.11. The maximum atomic E-state index is 6.11. The number of H-pyrrole nitrogens is 1. The van der Waals surface area contributed by atoms with Crippen molar-refractivity contribution in [2.24, 2.45) is 0 Å². The van der Waals surface area contributed by atoms with Crippen LogP contribution < -0.4 is 0 Å². The first kappa shape index (κ1) is 10.3. The molecular weight excluding hydrogens is 234 g/mol. The molecule has 0 unspecified atom stereocenters. The molecule has 0 bridgehead atoms. The van der Waals surface area contributed by atoms with Gasteiger partial charge in [0, 0.05) is 16.8 Å². The summed E-state index contributed by atoms with van der Waals surface area (Å²) >= 11 is 6.11. The number of nitrogens with zero attached hydrogens (tertiary/aromatic N) is 2. The Morgan fingerprint density at radius 1 is 1.24 bits per heavy atom. The van der Waals surface area contributed by atoms with Crippen LogP contribution in [0.2, 0.25) is 5.02 Å². The van der Waals surface area contributed by atoms with Gasteiger partial charge in [-0.05, 0) is 24.6 Å². The quantitative estimate of drug-likeness (QED) is 0.710. The van der Waals surface area contributed by atoms with Crippen LogP contribution >= 0.6 is 11.6 Å². The van der Waals surface area contributed by atoms with E-state index in [0.29, 0.717) is 0 Å². The summed E-state index contributed by atoms with van der Waals surface area (Å²) in [5.74, 6) is 0.815. The Morgan fingerprint density at radius 2 is 2.12 bits per heavy atom. The van der Waals surface area contributed by atoms with E-state index >= 15 is 0 Å². The molecule has 1 N–H and O–H groups in total. The Labute approximate surface area is 103 Å². The number of hydrogen-bond donors (Lipinski definition) is 1. The van der Waals surface area contributed by atoms with Gasteiger partial charge in [-0.1, -0.05) is 23.7 Å². The van der Waals surface area contributed by atoms with E-state index in [0.717, 1.165) is 33.0 Å². The zero-order chi connectivity index (χ0) is 11.8. The number of pyridine rings is 1. The van der Waals surface area contributed by atoms with Gasteiger partial charge in [0.25, 0.3) is 0 Å². The van der Waals surface area contributed by atoms with E-state index in [9.17, 15) is 0 Å². The lowest BCUT2D eigenvalue weighted by atomic mass is 10.1. The fourth-order valence-electron chi connectivity index (χ4n) is 1.73. The van der Waals surface area contributed by atoms with Gasteiger partial charge in [0.05, 0.1) is 17.2 Å². The van der Waals surface area contributed by atoms with Crippen LogP contribution in [0.25, 0.3) is 22.4 Å². The molecule has 84 valence electrons. The van der Waals surface area contributed by atoms with Gasteiger partial charge in [-0.3, -0.25) is 4.98 Å². The summed E-state index contributed by atoms with van der Waals surface area (Å²) in [6.07, 6.45) is 3.50. The van der Waals surface area contributed by atoms with Crippen LogP contribution in [-0.2, 0) is 0 Å². The summed E-state index contributed by atoms with van der Waals surface area (Å²) in [5.41, 5.74) is 3.89. The Hall–Kier alpha value is -1.87. The molecule has 0 radical (unpaired) electrons. The smallest absolute Gasteiger partial charge is 0.138 e. The third kappa shape index (κ3) is 1.78.